The summed E-state index contributed by atoms with van der Waals surface area (Å²) in [5, 5.41) is 20.3. The molecule has 0 atom stereocenters. The Morgan fingerprint density at radius 1 is 1.57 bits per heavy atom. The third-order valence-electron chi connectivity index (χ3n) is 3.31. The van der Waals surface area contributed by atoms with Crippen molar-refractivity contribution in [1.82, 2.24) is 4.90 Å². The standard InChI is InChI=1S/C15H14FN3O4/c1-23-15(22)10-8-19(4-5-20)14(21)13(10)18-12-3-2-9(7-17)6-11(12)16/h2-3,6,18,20H,4-5,8H2,1H3. The largest absolute Gasteiger partial charge is 0.466 e. The Balaban J connectivity index is 2.35. The summed E-state index contributed by atoms with van der Waals surface area (Å²) in [4.78, 5) is 25.3. The van der Waals surface area contributed by atoms with Crippen LogP contribution in [-0.4, -0.2) is 48.7 Å². The molecule has 2 rings (SSSR count). The second kappa shape index (κ2) is 6.89. The van der Waals surface area contributed by atoms with Gasteiger partial charge in [0.25, 0.3) is 5.91 Å². The Bertz CT molecular complexity index is 724. The van der Waals surface area contributed by atoms with Crippen LogP contribution in [0.4, 0.5) is 10.1 Å². The Morgan fingerprint density at radius 2 is 2.30 bits per heavy atom. The van der Waals surface area contributed by atoms with Gasteiger partial charge in [0.05, 0.1) is 43.2 Å². The first-order chi connectivity index (χ1) is 11.0. The van der Waals surface area contributed by atoms with Crippen molar-refractivity contribution in [1.29, 1.82) is 5.26 Å². The number of nitrogens with one attached hydrogen (secondary N) is 1. The van der Waals surface area contributed by atoms with Gasteiger partial charge in [-0.3, -0.25) is 4.79 Å². The molecule has 23 heavy (non-hydrogen) atoms. The molecule has 1 aromatic carbocycles. The third kappa shape index (κ3) is 3.30. The number of rotatable bonds is 5. The molecule has 0 saturated heterocycles. The molecule has 0 aliphatic carbocycles. The van der Waals surface area contributed by atoms with Crippen LogP contribution in [-0.2, 0) is 14.3 Å². The van der Waals surface area contributed by atoms with Crippen LogP contribution in [0.2, 0.25) is 0 Å². The van der Waals surface area contributed by atoms with Gasteiger partial charge in [0.1, 0.15) is 11.5 Å². The van der Waals surface area contributed by atoms with E-state index < -0.39 is 17.7 Å². The maximum absolute atomic E-state index is 14.0. The summed E-state index contributed by atoms with van der Waals surface area (Å²) in [5.41, 5.74) is 0.0399. The van der Waals surface area contributed by atoms with Crippen molar-refractivity contribution in [3.8, 4) is 6.07 Å². The van der Waals surface area contributed by atoms with Crippen LogP contribution in [0.1, 0.15) is 5.56 Å². The molecule has 1 amide bonds. The molecule has 2 N–H and O–H groups in total. The van der Waals surface area contributed by atoms with Crippen LogP contribution >= 0.6 is 0 Å². The monoisotopic (exact) mass is 319 g/mol. The van der Waals surface area contributed by atoms with E-state index in [0.29, 0.717) is 0 Å². The summed E-state index contributed by atoms with van der Waals surface area (Å²) in [6.45, 7) is -0.259. The minimum Gasteiger partial charge on any atom is -0.466 e. The van der Waals surface area contributed by atoms with E-state index in [1.54, 1.807) is 6.07 Å². The van der Waals surface area contributed by atoms with Gasteiger partial charge in [-0.1, -0.05) is 0 Å². The lowest BCUT2D eigenvalue weighted by atomic mass is 10.2. The van der Waals surface area contributed by atoms with E-state index in [1.807, 2.05) is 0 Å². The molecule has 1 aliphatic heterocycles. The van der Waals surface area contributed by atoms with E-state index in [-0.39, 0.29) is 42.2 Å². The smallest absolute Gasteiger partial charge is 0.337 e. The van der Waals surface area contributed by atoms with Crippen molar-refractivity contribution in [2.24, 2.45) is 0 Å². The minimum atomic E-state index is -0.728. The van der Waals surface area contributed by atoms with Crippen molar-refractivity contribution in [3.63, 3.8) is 0 Å². The molecule has 0 bridgehead atoms. The second-order valence-electron chi connectivity index (χ2n) is 4.73. The highest BCUT2D eigenvalue weighted by Crippen LogP contribution is 2.24. The van der Waals surface area contributed by atoms with Crippen molar-refractivity contribution in [2.45, 2.75) is 0 Å². The Morgan fingerprint density at radius 3 is 2.87 bits per heavy atom. The van der Waals surface area contributed by atoms with Crippen molar-refractivity contribution in [3.05, 3.63) is 40.8 Å². The van der Waals surface area contributed by atoms with E-state index in [9.17, 15) is 14.0 Å². The van der Waals surface area contributed by atoms with Crippen molar-refractivity contribution in [2.75, 3.05) is 32.1 Å². The number of carbonyl (C=O) groups excluding carboxylic acids is 2. The highest BCUT2D eigenvalue weighted by atomic mass is 19.1. The second-order valence-corrected chi connectivity index (χ2v) is 4.73. The van der Waals surface area contributed by atoms with Gasteiger partial charge < -0.3 is 20.1 Å². The molecule has 0 saturated carbocycles. The first-order valence-electron chi connectivity index (χ1n) is 6.70. The van der Waals surface area contributed by atoms with Crippen LogP contribution in [0.15, 0.2) is 29.5 Å². The van der Waals surface area contributed by atoms with E-state index in [1.165, 1.54) is 24.1 Å². The van der Waals surface area contributed by atoms with Crippen LogP contribution in [0.25, 0.3) is 0 Å². The van der Waals surface area contributed by atoms with Gasteiger partial charge in [0, 0.05) is 6.54 Å². The molecule has 0 aromatic heterocycles. The lowest BCUT2D eigenvalue weighted by Gasteiger charge is -2.15. The number of amides is 1. The maximum Gasteiger partial charge on any atom is 0.337 e. The number of aliphatic hydroxyl groups is 1. The van der Waals surface area contributed by atoms with E-state index in [0.717, 1.165) is 6.07 Å². The number of nitriles is 1. The summed E-state index contributed by atoms with van der Waals surface area (Å²) in [6.07, 6.45) is 0. The fourth-order valence-corrected chi connectivity index (χ4v) is 2.17. The first kappa shape index (κ1) is 16.5. The Kier molecular flexibility index (Phi) is 4.93. The summed E-state index contributed by atoms with van der Waals surface area (Å²) in [6, 6.07) is 5.51. The zero-order chi connectivity index (χ0) is 17.0. The maximum atomic E-state index is 14.0. The molecule has 0 radical (unpaired) electrons. The molecular formula is C15H14FN3O4. The van der Waals surface area contributed by atoms with Gasteiger partial charge in [-0.25, -0.2) is 9.18 Å². The topological polar surface area (TPSA) is 103 Å². The van der Waals surface area contributed by atoms with Gasteiger partial charge in [-0.05, 0) is 18.2 Å². The van der Waals surface area contributed by atoms with Crippen molar-refractivity contribution >= 4 is 17.6 Å². The summed E-state index contributed by atoms with van der Waals surface area (Å²) < 4.78 is 18.6. The number of hydrogen-bond donors (Lipinski definition) is 2. The number of nitrogens with zero attached hydrogens (tertiary/aromatic N) is 2. The molecular weight excluding hydrogens is 305 g/mol. The average Bonchev–Trinajstić information content (AvgIpc) is 2.85. The number of ether oxygens (including phenoxy) is 1. The predicted molar refractivity (Wildman–Crippen MR) is 77.4 cm³/mol. The molecule has 7 nitrogen and oxygen atoms in total. The lowest BCUT2D eigenvalue weighted by molar-refractivity contribution is -0.136. The number of hydrogen-bond acceptors (Lipinski definition) is 6. The molecule has 120 valence electrons. The SMILES string of the molecule is COC(=O)C1=C(Nc2ccc(C#N)cc2F)C(=O)N(CCO)C1. The minimum absolute atomic E-state index is 0.0354. The normalized spacial score (nSPS) is 14.0. The zero-order valence-corrected chi connectivity index (χ0v) is 12.3. The van der Waals surface area contributed by atoms with Gasteiger partial charge in [-0.15, -0.1) is 0 Å². The molecule has 1 heterocycles. The number of β-amino-alcohol motifs (C(OH)–C–C–N with tert-alkyl or cyclic N) is 1. The number of halogens is 1. The number of carbonyl (C=O) groups is 2. The van der Waals surface area contributed by atoms with Gasteiger partial charge in [0.2, 0.25) is 0 Å². The van der Waals surface area contributed by atoms with E-state index >= 15 is 0 Å². The first-order valence-corrected chi connectivity index (χ1v) is 6.70. The predicted octanol–water partition coefficient (Wildman–Crippen LogP) is 0.371. The number of anilines is 1. The summed E-state index contributed by atoms with van der Waals surface area (Å²) in [7, 11) is 1.18. The van der Waals surface area contributed by atoms with Gasteiger partial charge in [-0.2, -0.15) is 5.26 Å². The van der Waals surface area contributed by atoms with Crippen LogP contribution in [0.5, 0.6) is 0 Å². The Labute approximate surface area is 131 Å². The Hall–Kier alpha value is -2.92. The third-order valence-corrected chi connectivity index (χ3v) is 3.31. The number of benzene rings is 1. The molecule has 1 aliphatic rings. The highest BCUT2D eigenvalue weighted by Gasteiger charge is 2.34. The van der Waals surface area contributed by atoms with Crippen LogP contribution in [0.3, 0.4) is 0 Å². The number of methoxy groups -OCH3 is 1. The van der Waals surface area contributed by atoms with Crippen molar-refractivity contribution < 1.29 is 23.8 Å². The fraction of sp³-hybridized carbons (Fsp3) is 0.267. The average molecular weight is 319 g/mol. The summed E-state index contributed by atoms with van der Waals surface area (Å²) in [5.74, 6) is -1.98. The number of esters is 1. The van der Waals surface area contributed by atoms with Gasteiger partial charge in [0.15, 0.2) is 0 Å². The van der Waals surface area contributed by atoms with E-state index in [4.69, 9.17) is 10.4 Å². The molecule has 0 unspecified atom stereocenters. The molecule has 1 aromatic rings. The number of aliphatic hydroxyl groups excluding tert-OH is 1. The van der Waals surface area contributed by atoms with E-state index in [2.05, 4.69) is 10.1 Å². The fourth-order valence-electron chi connectivity index (χ4n) is 2.17. The van der Waals surface area contributed by atoms with Crippen LogP contribution < -0.4 is 5.32 Å². The van der Waals surface area contributed by atoms with Crippen LogP contribution in [0, 0.1) is 17.1 Å². The summed E-state index contributed by atoms with van der Waals surface area (Å²) >= 11 is 0. The zero-order valence-electron chi connectivity index (χ0n) is 12.3. The highest BCUT2D eigenvalue weighted by molar-refractivity contribution is 6.08. The molecule has 0 spiro atoms. The van der Waals surface area contributed by atoms with Gasteiger partial charge >= 0.3 is 5.97 Å². The lowest BCUT2D eigenvalue weighted by Crippen LogP contribution is -2.31. The quantitative estimate of drug-likeness (QED) is 0.760. The molecule has 8 heteroatoms. The molecule has 0 fully saturated rings.